The number of hydrogen-bond donors (Lipinski definition) is 0. The minimum atomic E-state index is 0. The van der Waals surface area contributed by atoms with Crippen molar-refractivity contribution in [3.63, 3.8) is 0 Å². The fourth-order valence-corrected chi connectivity index (χ4v) is 0.435. The topological polar surface area (TPSA) is 9.23 Å². The second kappa shape index (κ2) is 11.6. The van der Waals surface area contributed by atoms with E-state index in [4.69, 9.17) is 4.74 Å². The summed E-state index contributed by atoms with van der Waals surface area (Å²) in [5, 5.41) is 0. The van der Waals surface area contributed by atoms with Crippen LogP contribution in [0.15, 0.2) is 25.3 Å². The summed E-state index contributed by atoms with van der Waals surface area (Å²) >= 11 is 0. The van der Waals surface area contributed by atoms with Gasteiger partial charge >= 0.3 is 0 Å². The average Bonchev–Trinajstić information content (AvgIpc) is 1.89. The van der Waals surface area contributed by atoms with E-state index in [1.54, 1.807) is 0 Å². The standard InChI is InChI=1S/C8H14O.H3P/c1-3-5-7-9-8-6-4-2;/h3-4H,1-2,5-8H2;1H3. The maximum atomic E-state index is 5.17. The SMILES string of the molecule is C=CCCOCCC=C.P. The third kappa shape index (κ3) is 10.8. The zero-order valence-corrected chi connectivity index (χ0v) is 7.93. The highest BCUT2D eigenvalue weighted by Gasteiger charge is 1.81. The Hall–Kier alpha value is -0.130. The molecule has 0 aliphatic rings. The van der Waals surface area contributed by atoms with Crippen molar-refractivity contribution < 1.29 is 4.74 Å². The molecule has 0 aromatic heterocycles. The van der Waals surface area contributed by atoms with Crippen LogP contribution in [0.25, 0.3) is 0 Å². The van der Waals surface area contributed by atoms with Crippen LogP contribution < -0.4 is 0 Å². The summed E-state index contributed by atoms with van der Waals surface area (Å²) in [5.74, 6) is 0. The van der Waals surface area contributed by atoms with Crippen molar-refractivity contribution in [3.05, 3.63) is 25.3 Å². The van der Waals surface area contributed by atoms with E-state index in [0.29, 0.717) is 0 Å². The van der Waals surface area contributed by atoms with E-state index >= 15 is 0 Å². The predicted octanol–water partition coefficient (Wildman–Crippen LogP) is 2.21. The molecule has 0 aliphatic carbocycles. The first-order valence-electron chi connectivity index (χ1n) is 3.21. The fourth-order valence-electron chi connectivity index (χ4n) is 0.435. The Morgan fingerprint density at radius 1 is 1.00 bits per heavy atom. The maximum absolute atomic E-state index is 5.17. The van der Waals surface area contributed by atoms with Gasteiger partial charge in [0.25, 0.3) is 0 Å². The number of rotatable bonds is 6. The Bertz CT molecular complexity index is 71.3. The summed E-state index contributed by atoms with van der Waals surface area (Å²) in [7, 11) is 0. The lowest BCUT2D eigenvalue weighted by Gasteiger charge is -1.96. The van der Waals surface area contributed by atoms with E-state index in [1.165, 1.54) is 0 Å². The van der Waals surface area contributed by atoms with Gasteiger partial charge in [-0.1, -0.05) is 12.2 Å². The summed E-state index contributed by atoms with van der Waals surface area (Å²) in [6.45, 7) is 8.73. The average molecular weight is 160 g/mol. The Labute approximate surface area is 66.8 Å². The molecule has 1 atom stereocenters. The van der Waals surface area contributed by atoms with Crippen LogP contribution in [0, 0.1) is 0 Å². The van der Waals surface area contributed by atoms with Crippen LogP contribution in [0.5, 0.6) is 0 Å². The van der Waals surface area contributed by atoms with Gasteiger partial charge in [0.15, 0.2) is 0 Å². The second-order valence-corrected chi connectivity index (χ2v) is 1.77. The minimum absolute atomic E-state index is 0. The highest BCUT2D eigenvalue weighted by atomic mass is 31.0. The van der Waals surface area contributed by atoms with E-state index in [0.717, 1.165) is 26.1 Å². The Morgan fingerprint density at radius 3 is 1.70 bits per heavy atom. The van der Waals surface area contributed by atoms with Gasteiger partial charge in [0.2, 0.25) is 0 Å². The molecule has 0 saturated heterocycles. The summed E-state index contributed by atoms with van der Waals surface area (Å²) < 4.78 is 5.17. The van der Waals surface area contributed by atoms with Crippen LogP contribution in [0.1, 0.15) is 12.8 Å². The fraction of sp³-hybridized carbons (Fsp3) is 0.500. The molecule has 0 amide bonds. The molecule has 0 fully saturated rings. The lowest BCUT2D eigenvalue weighted by molar-refractivity contribution is 0.143. The zero-order valence-electron chi connectivity index (χ0n) is 6.51. The molecule has 0 rings (SSSR count). The predicted molar refractivity (Wildman–Crippen MR) is 51.6 cm³/mol. The lowest BCUT2D eigenvalue weighted by Crippen LogP contribution is -1.93. The van der Waals surface area contributed by atoms with Gasteiger partial charge in [0.05, 0.1) is 13.2 Å². The summed E-state index contributed by atoms with van der Waals surface area (Å²) in [6, 6.07) is 0. The van der Waals surface area contributed by atoms with Gasteiger partial charge in [0.1, 0.15) is 0 Å². The van der Waals surface area contributed by atoms with Crippen LogP contribution in [0.4, 0.5) is 0 Å². The van der Waals surface area contributed by atoms with Crippen molar-refractivity contribution in [2.24, 2.45) is 0 Å². The number of ether oxygens (including phenoxy) is 1. The first-order chi connectivity index (χ1) is 4.41. The summed E-state index contributed by atoms with van der Waals surface area (Å²) in [5.41, 5.74) is 0. The van der Waals surface area contributed by atoms with Gasteiger partial charge in [-0.05, 0) is 12.8 Å². The van der Waals surface area contributed by atoms with Gasteiger partial charge in [-0.25, -0.2) is 0 Å². The summed E-state index contributed by atoms with van der Waals surface area (Å²) in [4.78, 5) is 0. The molecule has 0 saturated carbocycles. The van der Waals surface area contributed by atoms with Crippen molar-refractivity contribution in [1.29, 1.82) is 0 Å². The van der Waals surface area contributed by atoms with Crippen molar-refractivity contribution in [1.82, 2.24) is 0 Å². The molecule has 2 heteroatoms. The van der Waals surface area contributed by atoms with Gasteiger partial charge < -0.3 is 4.74 Å². The summed E-state index contributed by atoms with van der Waals surface area (Å²) in [6.07, 6.45) is 5.59. The number of hydrogen-bond acceptors (Lipinski definition) is 1. The molecule has 10 heavy (non-hydrogen) atoms. The molecule has 0 spiro atoms. The van der Waals surface area contributed by atoms with Crippen LogP contribution in [-0.2, 0) is 4.74 Å². The van der Waals surface area contributed by atoms with Crippen molar-refractivity contribution in [2.45, 2.75) is 12.8 Å². The van der Waals surface area contributed by atoms with Gasteiger partial charge in [0, 0.05) is 0 Å². The molecular formula is C8H17OP. The van der Waals surface area contributed by atoms with Crippen LogP contribution in [-0.4, -0.2) is 13.2 Å². The molecule has 1 unspecified atom stereocenters. The molecular weight excluding hydrogens is 143 g/mol. The van der Waals surface area contributed by atoms with Gasteiger partial charge in [-0.2, -0.15) is 9.90 Å². The maximum Gasteiger partial charge on any atom is 0.0500 e. The van der Waals surface area contributed by atoms with Gasteiger partial charge in [-0.3, -0.25) is 0 Å². The minimum Gasteiger partial charge on any atom is -0.381 e. The molecule has 0 aromatic rings. The second-order valence-electron chi connectivity index (χ2n) is 1.77. The molecule has 0 aromatic carbocycles. The van der Waals surface area contributed by atoms with Crippen LogP contribution >= 0.6 is 9.90 Å². The molecule has 1 nitrogen and oxygen atoms in total. The normalized spacial score (nSPS) is 8.00. The zero-order chi connectivity index (χ0) is 6.95. The third-order valence-corrected chi connectivity index (χ3v) is 0.933. The van der Waals surface area contributed by atoms with E-state index in [2.05, 4.69) is 13.2 Å². The van der Waals surface area contributed by atoms with Crippen LogP contribution in [0.3, 0.4) is 0 Å². The Morgan fingerprint density at radius 2 is 1.40 bits per heavy atom. The molecule has 0 bridgehead atoms. The van der Waals surface area contributed by atoms with Crippen molar-refractivity contribution in [2.75, 3.05) is 13.2 Å². The smallest absolute Gasteiger partial charge is 0.0500 e. The Kier molecular flexibility index (Phi) is 14.6. The first-order valence-corrected chi connectivity index (χ1v) is 3.21. The third-order valence-electron chi connectivity index (χ3n) is 0.933. The van der Waals surface area contributed by atoms with Crippen molar-refractivity contribution >= 4 is 9.90 Å². The Balaban J connectivity index is 0. The quantitative estimate of drug-likeness (QED) is 0.329. The highest BCUT2D eigenvalue weighted by Crippen LogP contribution is 1.85. The highest BCUT2D eigenvalue weighted by molar-refractivity contribution is 6.92. The van der Waals surface area contributed by atoms with Crippen molar-refractivity contribution in [3.8, 4) is 0 Å². The van der Waals surface area contributed by atoms with Crippen LogP contribution in [0.2, 0.25) is 0 Å². The first kappa shape index (κ1) is 12.5. The molecule has 60 valence electrons. The van der Waals surface area contributed by atoms with Gasteiger partial charge in [-0.15, -0.1) is 13.2 Å². The van der Waals surface area contributed by atoms with E-state index in [1.807, 2.05) is 12.2 Å². The van der Waals surface area contributed by atoms with E-state index in [-0.39, 0.29) is 9.90 Å². The molecule has 0 radical (unpaired) electrons. The molecule has 0 N–H and O–H groups in total. The van der Waals surface area contributed by atoms with E-state index in [9.17, 15) is 0 Å². The lowest BCUT2D eigenvalue weighted by atomic mass is 10.4. The molecule has 0 aliphatic heterocycles. The molecule has 0 heterocycles. The monoisotopic (exact) mass is 160 g/mol. The van der Waals surface area contributed by atoms with E-state index < -0.39 is 0 Å². The largest absolute Gasteiger partial charge is 0.381 e.